The molecule has 1 saturated heterocycles. The van der Waals surface area contributed by atoms with Gasteiger partial charge in [0.05, 0.1) is 5.56 Å². The summed E-state index contributed by atoms with van der Waals surface area (Å²) in [7, 11) is 0. The van der Waals surface area contributed by atoms with E-state index in [-0.39, 0.29) is 29.3 Å². The Balaban J connectivity index is 1.94. The number of hydrogen-bond donors (Lipinski definition) is 1. The number of hydrogen-bond acceptors (Lipinski definition) is 2. The Morgan fingerprint density at radius 1 is 1.21 bits per heavy atom. The summed E-state index contributed by atoms with van der Waals surface area (Å²) >= 11 is 0. The Bertz CT molecular complexity index is 606. The topological polar surface area (TPSA) is 49.4 Å². The third kappa shape index (κ3) is 4.49. The van der Waals surface area contributed by atoms with E-state index in [0.717, 1.165) is 12.1 Å². The number of anilines is 1. The van der Waals surface area contributed by atoms with Gasteiger partial charge in [-0.2, -0.15) is 13.2 Å². The van der Waals surface area contributed by atoms with Gasteiger partial charge in [-0.1, -0.05) is 19.9 Å². The van der Waals surface area contributed by atoms with Crippen molar-refractivity contribution in [2.45, 2.75) is 32.9 Å². The van der Waals surface area contributed by atoms with Crippen molar-refractivity contribution in [1.82, 2.24) is 4.90 Å². The molecule has 0 bridgehead atoms. The Morgan fingerprint density at radius 3 is 2.38 bits per heavy atom. The van der Waals surface area contributed by atoms with Gasteiger partial charge in [-0.25, -0.2) is 0 Å². The number of amides is 2. The van der Waals surface area contributed by atoms with E-state index in [1.54, 1.807) is 4.90 Å². The van der Waals surface area contributed by atoms with Crippen molar-refractivity contribution in [2.24, 2.45) is 11.8 Å². The molecule has 7 heteroatoms. The maximum Gasteiger partial charge on any atom is 0.416 e. The molecule has 24 heavy (non-hydrogen) atoms. The lowest BCUT2D eigenvalue weighted by molar-refractivity contribution is -0.137. The molecule has 0 radical (unpaired) electrons. The molecule has 0 spiro atoms. The average molecular weight is 342 g/mol. The fraction of sp³-hybridized carbons (Fsp3) is 0.529. The molecule has 0 atom stereocenters. The van der Waals surface area contributed by atoms with Crippen LogP contribution in [0.4, 0.5) is 18.9 Å². The van der Waals surface area contributed by atoms with Crippen LogP contribution >= 0.6 is 0 Å². The molecule has 0 unspecified atom stereocenters. The van der Waals surface area contributed by atoms with E-state index in [9.17, 15) is 22.8 Å². The van der Waals surface area contributed by atoms with Crippen molar-refractivity contribution in [1.29, 1.82) is 0 Å². The van der Waals surface area contributed by atoms with Crippen molar-refractivity contribution in [2.75, 3.05) is 18.4 Å². The summed E-state index contributed by atoms with van der Waals surface area (Å²) < 4.78 is 38.1. The molecule has 1 heterocycles. The van der Waals surface area contributed by atoms with Gasteiger partial charge in [-0.15, -0.1) is 0 Å². The Labute approximate surface area is 139 Å². The molecule has 1 aromatic carbocycles. The largest absolute Gasteiger partial charge is 0.416 e. The summed E-state index contributed by atoms with van der Waals surface area (Å²) in [5, 5.41) is 2.55. The van der Waals surface area contributed by atoms with Crippen LogP contribution in [-0.2, 0) is 15.8 Å². The molecule has 1 aliphatic rings. The first kappa shape index (κ1) is 18.3. The smallest absolute Gasteiger partial charge is 0.342 e. The fourth-order valence-corrected chi connectivity index (χ4v) is 2.74. The lowest BCUT2D eigenvalue weighted by atomic mass is 9.95. The number of nitrogens with zero attached hydrogens (tertiary/aromatic N) is 1. The highest BCUT2D eigenvalue weighted by Crippen LogP contribution is 2.31. The minimum Gasteiger partial charge on any atom is -0.342 e. The van der Waals surface area contributed by atoms with E-state index in [1.165, 1.54) is 12.1 Å². The van der Waals surface area contributed by atoms with Gasteiger partial charge in [0.15, 0.2) is 0 Å². The zero-order valence-corrected chi connectivity index (χ0v) is 13.7. The maximum atomic E-state index is 12.7. The van der Waals surface area contributed by atoms with Gasteiger partial charge >= 0.3 is 6.18 Å². The van der Waals surface area contributed by atoms with Crippen LogP contribution in [0.15, 0.2) is 24.3 Å². The van der Waals surface area contributed by atoms with Gasteiger partial charge in [0.2, 0.25) is 11.8 Å². The van der Waals surface area contributed by atoms with Crippen molar-refractivity contribution >= 4 is 17.5 Å². The highest BCUT2D eigenvalue weighted by atomic mass is 19.4. The molecule has 2 rings (SSSR count). The van der Waals surface area contributed by atoms with E-state index >= 15 is 0 Å². The molecule has 4 nitrogen and oxygen atoms in total. The summed E-state index contributed by atoms with van der Waals surface area (Å²) in [5.74, 6) is -0.617. The van der Waals surface area contributed by atoms with Gasteiger partial charge in [-0.05, 0) is 31.0 Å². The molecule has 0 aromatic heterocycles. The summed E-state index contributed by atoms with van der Waals surface area (Å²) in [6.45, 7) is 4.65. The predicted octanol–water partition coefficient (Wildman–Crippen LogP) is 3.54. The number of piperidine rings is 1. The second-order valence-corrected chi connectivity index (χ2v) is 6.32. The van der Waals surface area contributed by atoms with Gasteiger partial charge in [0.1, 0.15) is 0 Å². The molecule has 0 aliphatic carbocycles. The lowest BCUT2D eigenvalue weighted by Gasteiger charge is -2.32. The molecule has 132 valence electrons. The number of halogens is 3. The van der Waals surface area contributed by atoms with Crippen molar-refractivity contribution in [3.63, 3.8) is 0 Å². The van der Waals surface area contributed by atoms with Crippen molar-refractivity contribution < 1.29 is 22.8 Å². The number of carbonyl (C=O) groups is 2. The zero-order valence-electron chi connectivity index (χ0n) is 13.7. The van der Waals surface area contributed by atoms with Crippen LogP contribution in [0, 0.1) is 11.8 Å². The quantitative estimate of drug-likeness (QED) is 0.913. The van der Waals surface area contributed by atoms with Gasteiger partial charge in [-0.3, -0.25) is 9.59 Å². The van der Waals surface area contributed by atoms with E-state index in [4.69, 9.17) is 0 Å². The summed E-state index contributed by atoms with van der Waals surface area (Å²) in [4.78, 5) is 25.9. The van der Waals surface area contributed by atoms with E-state index < -0.39 is 11.7 Å². The van der Waals surface area contributed by atoms with E-state index in [2.05, 4.69) is 5.32 Å². The number of benzene rings is 1. The first-order valence-electron chi connectivity index (χ1n) is 7.95. The fourth-order valence-electron chi connectivity index (χ4n) is 2.74. The van der Waals surface area contributed by atoms with Crippen molar-refractivity contribution in [3.05, 3.63) is 29.8 Å². The molecule has 2 amide bonds. The summed E-state index contributed by atoms with van der Waals surface area (Å²) in [6, 6.07) is 4.59. The molecule has 1 N–H and O–H groups in total. The molecule has 0 saturated carbocycles. The normalized spacial score (nSPS) is 16.3. The van der Waals surface area contributed by atoms with Crippen LogP contribution in [0.25, 0.3) is 0 Å². The average Bonchev–Trinajstić information content (AvgIpc) is 2.53. The number of alkyl halides is 3. The lowest BCUT2D eigenvalue weighted by Crippen LogP contribution is -2.43. The first-order valence-corrected chi connectivity index (χ1v) is 7.95. The second-order valence-electron chi connectivity index (χ2n) is 6.32. The van der Waals surface area contributed by atoms with Gasteiger partial charge < -0.3 is 10.2 Å². The molecule has 1 aromatic rings. The summed E-state index contributed by atoms with van der Waals surface area (Å²) in [5.41, 5.74) is -0.659. The number of rotatable bonds is 3. The minimum absolute atomic E-state index is 0.0618. The van der Waals surface area contributed by atoms with Crippen LogP contribution in [-0.4, -0.2) is 29.8 Å². The summed E-state index contributed by atoms with van der Waals surface area (Å²) in [6.07, 6.45) is -3.41. The maximum absolute atomic E-state index is 12.7. The van der Waals surface area contributed by atoms with Crippen molar-refractivity contribution in [3.8, 4) is 0 Å². The standard InChI is InChI=1S/C17H21F3N2O2/c1-11(2)16(24)22-8-6-12(7-9-22)15(23)21-14-5-3-4-13(10-14)17(18,19)20/h3-5,10-12H,6-9H2,1-2H3,(H,21,23). The highest BCUT2D eigenvalue weighted by Gasteiger charge is 2.31. The Hall–Kier alpha value is -2.05. The van der Waals surface area contributed by atoms with Crippen LogP contribution in [0.5, 0.6) is 0 Å². The molecular formula is C17H21F3N2O2. The third-order valence-corrected chi connectivity index (χ3v) is 4.13. The van der Waals surface area contributed by atoms with Gasteiger partial charge in [0.25, 0.3) is 0 Å². The number of likely N-dealkylation sites (tertiary alicyclic amines) is 1. The van der Waals surface area contributed by atoms with Gasteiger partial charge in [0, 0.05) is 30.6 Å². The SMILES string of the molecule is CC(C)C(=O)N1CCC(C(=O)Nc2cccc(C(F)(F)F)c2)CC1. The monoisotopic (exact) mass is 342 g/mol. The molecular weight excluding hydrogens is 321 g/mol. The molecule has 1 aliphatic heterocycles. The van der Waals surface area contributed by atoms with Crippen LogP contribution in [0.1, 0.15) is 32.3 Å². The second kappa shape index (κ2) is 7.23. The Kier molecular flexibility index (Phi) is 5.51. The Morgan fingerprint density at radius 2 is 1.83 bits per heavy atom. The predicted molar refractivity (Wildman–Crippen MR) is 84.2 cm³/mol. The number of carbonyl (C=O) groups excluding carboxylic acids is 2. The highest BCUT2D eigenvalue weighted by molar-refractivity contribution is 5.92. The molecule has 1 fully saturated rings. The van der Waals surface area contributed by atoms with Crippen LogP contribution < -0.4 is 5.32 Å². The zero-order chi connectivity index (χ0) is 17.9. The number of nitrogens with one attached hydrogen (secondary N) is 1. The van der Waals surface area contributed by atoms with E-state index in [0.29, 0.717) is 25.9 Å². The van der Waals surface area contributed by atoms with Crippen LogP contribution in [0.3, 0.4) is 0 Å². The van der Waals surface area contributed by atoms with E-state index in [1.807, 2.05) is 13.8 Å². The third-order valence-electron chi connectivity index (χ3n) is 4.13. The van der Waals surface area contributed by atoms with Crippen LogP contribution in [0.2, 0.25) is 0 Å². The first-order chi connectivity index (χ1) is 11.2. The minimum atomic E-state index is -4.44.